The van der Waals surface area contributed by atoms with E-state index in [0.717, 1.165) is 36.5 Å². The second-order valence-electron chi connectivity index (χ2n) is 7.32. The van der Waals surface area contributed by atoms with Gasteiger partial charge in [-0.3, -0.25) is 14.7 Å². The number of nitrogens with one attached hydrogen (secondary N) is 2. The lowest BCUT2D eigenvalue weighted by Crippen LogP contribution is -2.40. The van der Waals surface area contributed by atoms with Gasteiger partial charge in [0, 0.05) is 55.2 Å². The SMILES string of the molecule is CC(C)N(CCNc1nc(-c2cccnc2)nc2c1CCNC2=O)C(C)C. The van der Waals surface area contributed by atoms with E-state index < -0.39 is 0 Å². The third kappa shape index (κ3) is 4.42. The van der Waals surface area contributed by atoms with Crippen molar-refractivity contribution in [2.45, 2.75) is 46.2 Å². The Morgan fingerprint density at radius 3 is 2.67 bits per heavy atom. The number of hydrogen-bond donors (Lipinski definition) is 2. The molecule has 0 atom stereocenters. The zero-order valence-electron chi connectivity index (χ0n) is 16.5. The van der Waals surface area contributed by atoms with Crippen molar-refractivity contribution < 1.29 is 4.79 Å². The van der Waals surface area contributed by atoms with Gasteiger partial charge in [0.05, 0.1) is 0 Å². The molecule has 2 aromatic heterocycles. The van der Waals surface area contributed by atoms with Crippen LogP contribution in [0, 0.1) is 0 Å². The number of fused-ring (bicyclic) bond motifs is 1. The summed E-state index contributed by atoms with van der Waals surface area (Å²) in [5, 5.41) is 6.32. The van der Waals surface area contributed by atoms with Crippen LogP contribution in [0.15, 0.2) is 24.5 Å². The third-order valence-corrected chi connectivity index (χ3v) is 4.79. The van der Waals surface area contributed by atoms with Crippen LogP contribution in [0.5, 0.6) is 0 Å². The zero-order valence-corrected chi connectivity index (χ0v) is 16.5. The molecule has 3 heterocycles. The molecule has 2 aromatic rings. The van der Waals surface area contributed by atoms with Crippen molar-refractivity contribution in [3.05, 3.63) is 35.8 Å². The number of carbonyl (C=O) groups is 1. The van der Waals surface area contributed by atoms with E-state index in [9.17, 15) is 4.79 Å². The van der Waals surface area contributed by atoms with Gasteiger partial charge in [0.15, 0.2) is 5.82 Å². The molecule has 0 aliphatic carbocycles. The number of anilines is 1. The lowest BCUT2D eigenvalue weighted by atomic mass is 10.1. The van der Waals surface area contributed by atoms with Gasteiger partial charge in [-0.2, -0.15) is 0 Å². The molecule has 1 aliphatic rings. The van der Waals surface area contributed by atoms with E-state index in [1.54, 1.807) is 12.4 Å². The van der Waals surface area contributed by atoms with Crippen molar-refractivity contribution in [1.29, 1.82) is 0 Å². The van der Waals surface area contributed by atoms with Crippen molar-refractivity contribution in [3.8, 4) is 11.4 Å². The normalized spacial score (nSPS) is 13.8. The molecule has 144 valence electrons. The summed E-state index contributed by atoms with van der Waals surface area (Å²) in [6.45, 7) is 11.1. The Bertz CT molecular complexity index is 783. The summed E-state index contributed by atoms with van der Waals surface area (Å²) in [7, 11) is 0. The fraction of sp³-hybridized carbons (Fsp3) is 0.500. The highest BCUT2D eigenvalue weighted by Gasteiger charge is 2.24. The maximum atomic E-state index is 12.3. The summed E-state index contributed by atoms with van der Waals surface area (Å²) in [6, 6.07) is 4.69. The van der Waals surface area contributed by atoms with Gasteiger partial charge >= 0.3 is 0 Å². The Morgan fingerprint density at radius 2 is 2.00 bits per heavy atom. The van der Waals surface area contributed by atoms with Crippen molar-refractivity contribution in [2.75, 3.05) is 25.0 Å². The molecule has 27 heavy (non-hydrogen) atoms. The largest absolute Gasteiger partial charge is 0.368 e. The maximum absolute atomic E-state index is 12.3. The van der Waals surface area contributed by atoms with Crippen LogP contribution < -0.4 is 10.6 Å². The first-order valence-electron chi connectivity index (χ1n) is 9.56. The Kier molecular flexibility index (Phi) is 6.01. The Hall–Kier alpha value is -2.54. The first kappa shape index (κ1) is 19.2. The van der Waals surface area contributed by atoms with Crippen LogP contribution in [-0.2, 0) is 6.42 Å². The number of pyridine rings is 1. The molecule has 0 fully saturated rings. The van der Waals surface area contributed by atoms with Crippen molar-refractivity contribution in [1.82, 2.24) is 25.2 Å². The molecular weight excluding hydrogens is 340 g/mol. The van der Waals surface area contributed by atoms with Crippen LogP contribution in [0.3, 0.4) is 0 Å². The third-order valence-electron chi connectivity index (χ3n) is 4.79. The second-order valence-corrected chi connectivity index (χ2v) is 7.32. The van der Waals surface area contributed by atoms with Gasteiger partial charge in [-0.15, -0.1) is 0 Å². The van der Waals surface area contributed by atoms with Gasteiger partial charge in [0.1, 0.15) is 11.5 Å². The monoisotopic (exact) mass is 368 g/mol. The Morgan fingerprint density at radius 1 is 1.22 bits per heavy atom. The topological polar surface area (TPSA) is 83.0 Å². The van der Waals surface area contributed by atoms with E-state index in [1.165, 1.54) is 0 Å². The van der Waals surface area contributed by atoms with E-state index in [4.69, 9.17) is 4.98 Å². The number of carbonyl (C=O) groups excluding carboxylic acids is 1. The van der Waals surface area contributed by atoms with Gasteiger partial charge in [-0.25, -0.2) is 9.97 Å². The number of hydrogen-bond acceptors (Lipinski definition) is 6. The molecule has 0 saturated heterocycles. The molecule has 2 N–H and O–H groups in total. The molecule has 0 unspecified atom stereocenters. The molecule has 7 nitrogen and oxygen atoms in total. The highest BCUT2D eigenvalue weighted by molar-refractivity contribution is 5.96. The maximum Gasteiger partial charge on any atom is 0.270 e. The highest BCUT2D eigenvalue weighted by Crippen LogP contribution is 2.24. The van der Waals surface area contributed by atoms with Crippen LogP contribution in [0.1, 0.15) is 43.7 Å². The number of nitrogens with zero attached hydrogens (tertiary/aromatic N) is 4. The lowest BCUT2D eigenvalue weighted by molar-refractivity contribution is 0.0940. The molecule has 0 spiro atoms. The summed E-state index contributed by atoms with van der Waals surface area (Å²) in [6.07, 6.45) is 4.15. The number of aromatic nitrogens is 3. The molecule has 3 rings (SSSR count). The smallest absolute Gasteiger partial charge is 0.270 e. The minimum atomic E-state index is -0.141. The van der Waals surface area contributed by atoms with Crippen LogP contribution in [-0.4, -0.2) is 57.5 Å². The summed E-state index contributed by atoms with van der Waals surface area (Å²) in [4.78, 5) is 28.1. The second kappa shape index (κ2) is 8.43. The summed E-state index contributed by atoms with van der Waals surface area (Å²) in [5.74, 6) is 1.13. The quantitative estimate of drug-likeness (QED) is 0.781. The average Bonchev–Trinajstić information content (AvgIpc) is 2.65. The Balaban J connectivity index is 1.87. The van der Waals surface area contributed by atoms with Crippen LogP contribution >= 0.6 is 0 Å². The van der Waals surface area contributed by atoms with Gasteiger partial charge in [-0.05, 0) is 46.2 Å². The molecule has 1 amide bonds. The first-order valence-corrected chi connectivity index (χ1v) is 9.56. The summed E-state index contributed by atoms with van der Waals surface area (Å²) < 4.78 is 0. The van der Waals surface area contributed by atoms with E-state index in [2.05, 4.69) is 53.2 Å². The van der Waals surface area contributed by atoms with Crippen LogP contribution in [0.25, 0.3) is 11.4 Å². The standard InChI is InChI=1S/C20H28N6O/c1-13(2)26(14(3)4)11-10-22-19-16-7-9-23-20(27)17(16)24-18(25-19)15-6-5-8-21-12-15/h5-6,8,12-14H,7,9-11H2,1-4H3,(H,23,27)(H,22,24,25). The molecule has 0 saturated carbocycles. The number of rotatable bonds is 7. The lowest BCUT2D eigenvalue weighted by Gasteiger charge is -2.30. The van der Waals surface area contributed by atoms with E-state index in [-0.39, 0.29) is 5.91 Å². The molecular formula is C20H28N6O. The Labute approximate surface area is 160 Å². The molecule has 0 bridgehead atoms. The fourth-order valence-corrected chi connectivity index (χ4v) is 3.48. The van der Waals surface area contributed by atoms with Gasteiger partial charge in [-0.1, -0.05) is 0 Å². The predicted octanol–water partition coefficient (Wildman–Crippen LogP) is 2.36. The average molecular weight is 368 g/mol. The first-order chi connectivity index (χ1) is 13.0. The molecule has 0 radical (unpaired) electrons. The summed E-state index contributed by atoms with van der Waals surface area (Å²) in [5.41, 5.74) is 2.15. The van der Waals surface area contributed by atoms with Gasteiger partial charge < -0.3 is 10.6 Å². The van der Waals surface area contributed by atoms with Crippen molar-refractivity contribution >= 4 is 11.7 Å². The molecule has 1 aliphatic heterocycles. The molecule has 0 aromatic carbocycles. The van der Waals surface area contributed by atoms with Gasteiger partial charge in [0.2, 0.25) is 0 Å². The van der Waals surface area contributed by atoms with Gasteiger partial charge in [0.25, 0.3) is 5.91 Å². The highest BCUT2D eigenvalue weighted by atomic mass is 16.1. The predicted molar refractivity (Wildman–Crippen MR) is 107 cm³/mol. The fourth-order valence-electron chi connectivity index (χ4n) is 3.48. The molecule has 7 heteroatoms. The zero-order chi connectivity index (χ0) is 19.4. The number of amides is 1. The van der Waals surface area contributed by atoms with Crippen molar-refractivity contribution in [2.24, 2.45) is 0 Å². The van der Waals surface area contributed by atoms with Crippen LogP contribution in [0.2, 0.25) is 0 Å². The van der Waals surface area contributed by atoms with E-state index >= 15 is 0 Å². The summed E-state index contributed by atoms with van der Waals surface area (Å²) >= 11 is 0. The van der Waals surface area contributed by atoms with Crippen LogP contribution in [0.4, 0.5) is 5.82 Å². The van der Waals surface area contributed by atoms with E-state index in [1.807, 2.05) is 12.1 Å². The van der Waals surface area contributed by atoms with E-state index in [0.29, 0.717) is 30.1 Å². The minimum Gasteiger partial charge on any atom is -0.368 e. The minimum absolute atomic E-state index is 0.141. The van der Waals surface area contributed by atoms with Crippen molar-refractivity contribution in [3.63, 3.8) is 0 Å².